The summed E-state index contributed by atoms with van der Waals surface area (Å²) in [6.45, 7) is 1.82. The van der Waals surface area contributed by atoms with Crippen LogP contribution in [-0.4, -0.2) is 6.29 Å². The van der Waals surface area contributed by atoms with Crippen LogP contribution in [-0.2, 0) is 0 Å². The Labute approximate surface area is 109 Å². The van der Waals surface area contributed by atoms with E-state index in [1.54, 1.807) is 30.3 Å². The summed E-state index contributed by atoms with van der Waals surface area (Å²) in [5.41, 5.74) is 1.07. The second-order valence-corrected chi connectivity index (χ2v) is 4.21. The quantitative estimate of drug-likeness (QED) is 0.769. The molecular weight excluding hydrogens is 255 g/mol. The van der Waals surface area contributed by atoms with Crippen LogP contribution in [0.15, 0.2) is 36.4 Å². The lowest BCUT2D eigenvalue weighted by Gasteiger charge is -2.10. The number of ether oxygens (including phenoxy) is 1. The van der Waals surface area contributed by atoms with Gasteiger partial charge in [0, 0.05) is 0 Å². The van der Waals surface area contributed by atoms with E-state index < -0.39 is 5.82 Å². The van der Waals surface area contributed by atoms with Crippen LogP contribution in [0.1, 0.15) is 15.9 Å². The van der Waals surface area contributed by atoms with Gasteiger partial charge in [-0.05, 0) is 36.8 Å². The summed E-state index contributed by atoms with van der Waals surface area (Å²) in [5, 5.41) is 0.274. The van der Waals surface area contributed by atoms with Crippen LogP contribution in [0, 0.1) is 12.7 Å². The fourth-order valence-corrected chi connectivity index (χ4v) is 1.74. The molecule has 2 aromatic carbocycles. The standard InChI is InChI=1S/C14H10ClFO2/c1-9-5-6-12(16)14(7-9)18-13-4-2-3-11(15)10(13)8-17/h2-8H,1H3. The monoisotopic (exact) mass is 264 g/mol. The third-order valence-corrected chi connectivity index (χ3v) is 2.77. The molecular formula is C14H10ClFO2. The smallest absolute Gasteiger partial charge is 0.165 e. The van der Waals surface area contributed by atoms with Crippen molar-refractivity contribution in [1.29, 1.82) is 0 Å². The van der Waals surface area contributed by atoms with E-state index in [0.717, 1.165) is 5.56 Å². The van der Waals surface area contributed by atoms with Crippen molar-refractivity contribution >= 4 is 17.9 Å². The summed E-state index contributed by atoms with van der Waals surface area (Å²) >= 11 is 5.86. The number of aldehydes is 1. The second kappa shape index (κ2) is 5.19. The highest BCUT2D eigenvalue weighted by atomic mass is 35.5. The molecule has 0 unspecified atom stereocenters. The van der Waals surface area contributed by atoms with Gasteiger partial charge >= 0.3 is 0 Å². The predicted molar refractivity (Wildman–Crippen MR) is 68.1 cm³/mol. The number of aryl methyl sites for hydroxylation is 1. The molecule has 0 amide bonds. The Balaban J connectivity index is 2.43. The van der Waals surface area contributed by atoms with E-state index >= 15 is 0 Å². The molecule has 0 N–H and O–H groups in total. The molecule has 92 valence electrons. The second-order valence-electron chi connectivity index (χ2n) is 3.81. The maximum atomic E-state index is 13.5. The molecule has 0 fully saturated rings. The van der Waals surface area contributed by atoms with Gasteiger partial charge in [-0.15, -0.1) is 0 Å². The largest absolute Gasteiger partial charge is 0.453 e. The normalized spacial score (nSPS) is 10.2. The van der Waals surface area contributed by atoms with Crippen LogP contribution in [0.4, 0.5) is 4.39 Å². The molecule has 0 aliphatic carbocycles. The molecule has 2 nitrogen and oxygen atoms in total. The maximum Gasteiger partial charge on any atom is 0.165 e. The van der Waals surface area contributed by atoms with Crippen molar-refractivity contribution in [3.05, 3.63) is 58.4 Å². The van der Waals surface area contributed by atoms with Crippen molar-refractivity contribution < 1.29 is 13.9 Å². The zero-order valence-corrected chi connectivity index (χ0v) is 10.4. The Morgan fingerprint density at radius 2 is 2.00 bits per heavy atom. The van der Waals surface area contributed by atoms with Crippen LogP contribution in [0.3, 0.4) is 0 Å². The van der Waals surface area contributed by atoms with Gasteiger partial charge in [-0.25, -0.2) is 4.39 Å². The van der Waals surface area contributed by atoms with Gasteiger partial charge in [-0.2, -0.15) is 0 Å². The van der Waals surface area contributed by atoms with Gasteiger partial charge in [0.15, 0.2) is 17.9 Å². The third kappa shape index (κ3) is 2.51. The predicted octanol–water partition coefficient (Wildman–Crippen LogP) is 4.39. The molecule has 4 heteroatoms. The Morgan fingerprint density at radius 1 is 1.22 bits per heavy atom. The summed E-state index contributed by atoms with van der Waals surface area (Å²) in [5.74, 6) is -0.181. The molecule has 0 saturated carbocycles. The molecule has 0 radical (unpaired) electrons. The molecule has 0 heterocycles. The first-order chi connectivity index (χ1) is 8.61. The lowest BCUT2D eigenvalue weighted by atomic mass is 10.2. The van der Waals surface area contributed by atoms with Crippen molar-refractivity contribution in [1.82, 2.24) is 0 Å². The number of rotatable bonds is 3. The lowest BCUT2D eigenvalue weighted by Crippen LogP contribution is -1.94. The SMILES string of the molecule is Cc1ccc(F)c(Oc2cccc(Cl)c2C=O)c1. The first kappa shape index (κ1) is 12.6. The van der Waals surface area contributed by atoms with Gasteiger partial charge in [0.2, 0.25) is 0 Å². The van der Waals surface area contributed by atoms with Crippen molar-refractivity contribution in [3.63, 3.8) is 0 Å². The van der Waals surface area contributed by atoms with E-state index in [9.17, 15) is 9.18 Å². The van der Waals surface area contributed by atoms with Crippen LogP contribution in [0.5, 0.6) is 11.5 Å². The lowest BCUT2D eigenvalue weighted by molar-refractivity contribution is 0.112. The molecule has 18 heavy (non-hydrogen) atoms. The Hall–Kier alpha value is -1.87. The number of hydrogen-bond acceptors (Lipinski definition) is 2. The van der Waals surface area contributed by atoms with Gasteiger partial charge in [-0.1, -0.05) is 23.7 Å². The van der Waals surface area contributed by atoms with Crippen molar-refractivity contribution in [3.8, 4) is 11.5 Å². The van der Waals surface area contributed by atoms with Gasteiger partial charge in [-0.3, -0.25) is 4.79 Å². The average Bonchev–Trinajstić information content (AvgIpc) is 2.34. The highest BCUT2D eigenvalue weighted by molar-refractivity contribution is 6.33. The first-order valence-electron chi connectivity index (χ1n) is 5.29. The van der Waals surface area contributed by atoms with E-state index in [0.29, 0.717) is 6.29 Å². The van der Waals surface area contributed by atoms with E-state index in [1.165, 1.54) is 6.07 Å². The molecule has 0 spiro atoms. The van der Waals surface area contributed by atoms with Crippen LogP contribution in [0.2, 0.25) is 5.02 Å². The fourth-order valence-electron chi connectivity index (χ4n) is 1.53. The zero-order chi connectivity index (χ0) is 13.1. The van der Waals surface area contributed by atoms with Crippen molar-refractivity contribution in [2.75, 3.05) is 0 Å². The molecule has 0 saturated heterocycles. The molecule has 2 rings (SSSR count). The van der Waals surface area contributed by atoms with Crippen LogP contribution < -0.4 is 4.74 Å². The van der Waals surface area contributed by atoms with Crippen molar-refractivity contribution in [2.45, 2.75) is 6.92 Å². The summed E-state index contributed by atoms with van der Waals surface area (Å²) in [7, 11) is 0. The summed E-state index contributed by atoms with van der Waals surface area (Å²) in [6, 6.07) is 9.29. The Kier molecular flexibility index (Phi) is 3.63. The molecule has 0 atom stereocenters. The highest BCUT2D eigenvalue weighted by Gasteiger charge is 2.11. The fraction of sp³-hybridized carbons (Fsp3) is 0.0714. The summed E-state index contributed by atoms with van der Waals surface area (Å²) < 4.78 is 18.9. The number of halogens is 2. The number of benzene rings is 2. The average molecular weight is 265 g/mol. The number of hydrogen-bond donors (Lipinski definition) is 0. The van der Waals surface area contributed by atoms with E-state index in [1.807, 2.05) is 6.92 Å². The molecule has 0 aromatic heterocycles. The van der Waals surface area contributed by atoms with E-state index in [-0.39, 0.29) is 22.1 Å². The minimum absolute atomic E-state index is 0.0698. The van der Waals surface area contributed by atoms with Gasteiger partial charge in [0.1, 0.15) is 5.75 Å². The zero-order valence-electron chi connectivity index (χ0n) is 9.61. The van der Waals surface area contributed by atoms with E-state index in [2.05, 4.69) is 0 Å². The number of carbonyl (C=O) groups excluding carboxylic acids is 1. The minimum Gasteiger partial charge on any atom is -0.453 e. The number of carbonyl (C=O) groups is 1. The van der Waals surface area contributed by atoms with Crippen LogP contribution >= 0.6 is 11.6 Å². The molecule has 2 aromatic rings. The van der Waals surface area contributed by atoms with Gasteiger partial charge < -0.3 is 4.74 Å². The van der Waals surface area contributed by atoms with E-state index in [4.69, 9.17) is 16.3 Å². The van der Waals surface area contributed by atoms with Crippen LogP contribution in [0.25, 0.3) is 0 Å². The highest BCUT2D eigenvalue weighted by Crippen LogP contribution is 2.30. The summed E-state index contributed by atoms with van der Waals surface area (Å²) in [6.07, 6.45) is 0.589. The molecule has 0 bridgehead atoms. The maximum absolute atomic E-state index is 13.5. The first-order valence-corrected chi connectivity index (χ1v) is 5.67. The van der Waals surface area contributed by atoms with Crippen molar-refractivity contribution in [2.24, 2.45) is 0 Å². The Morgan fingerprint density at radius 3 is 2.72 bits per heavy atom. The minimum atomic E-state index is -0.488. The summed E-state index contributed by atoms with van der Waals surface area (Å²) in [4.78, 5) is 10.9. The molecule has 0 aliphatic rings. The van der Waals surface area contributed by atoms with Gasteiger partial charge in [0.25, 0.3) is 0 Å². The molecule has 0 aliphatic heterocycles. The van der Waals surface area contributed by atoms with Gasteiger partial charge in [0.05, 0.1) is 10.6 Å². The Bertz CT molecular complexity index is 596. The topological polar surface area (TPSA) is 26.3 Å². The third-order valence-electron chi connectivity index (χ3n) is 2.44.